The first kappa shape index (κ1) is 33.2. The maximum atomic E-state index is 11.4. The number of aliphatic hydroxyl groups is 1. The number of nitrogens with one attached hydrogen (secondary N) is 3. The third-order valence-electron chi connectivity index (χ3n) is 8.75. The van der Waals surface area contributed by atoms with Gasteiger partial charge in [0.05, 0.1) is 37.0 Å². The molecule has 1 aromatic heterocycles. The number of carboxylic acid groups (broad SMARTS) is 1. The summed E-state index contributed by atoms with van der Waals surface area (Å²) < 4.78 is 7.53. The molecule has 11 heteroatoms. The Kier molecular flexibility index (Phi) is 10.4. The van der Waals surface area contributed by atoms with Crippen molar-refractivity contribution in [3.8, 4) is 28.0 Å². The second kappa shape index (κ2) is 15.0. The molecule has 1 saturated heterocycles. The molecule has 5 aromatic rings. The summed E-state index contributed by atoms with van der Waals surface area (Å²) in [6.45, 7) is 1.70. The summed E-state index contributed by atoms with van der Waals surface area (Å²) in [7, 11) is 1.57. The van der Waals surface area contributed by atoms with E-state index < -0.39 is 18.6 Å². The molecule has 248 valence electrons. The van der Waals surface area contributed by atoms with E-state index in [1.165, 1.54) is 0 Å². The van der Waals surface area contributed by atoms with Gasteiger partial charge in [-0.2, -0.15) is 5.10 Å². The van der Waals surface area contributed by atoms with Crippen LogP contribution in [0.2, 0.25) is 5.02 Å². The van der Waals surface area contributed by atoms with Gasteiger partial charge in [-0.05, 0) is 40.8 Å². The van der Waals surface area contributed by atoms with Gasteiger partial charge in [0.25, 0.3) is 0 Å². The average Bonchev–Trinajstić information content (AvgIpc) is 3.71. The molecule has 0 bridgehead atoms. The third-order valence-corrected chi connectivity index (χ3v) is 9.16. The molecular formula is C37H38ClN5O5. The van der Waals surface area contributed by atoms with Gasteiger partial charge < -0.3 is 25.6 Å². The van der Waals surface area contributed by atoms with Crippen LogP contribution in [0.3, 0.4) is 0 Å². The normalized spacial score (nSPS) is 15.1. The van der Waals surface area contributed by atoms with Gasteiger partial charge in [-0.25, -0.2) is 0 Å². The number of amides is 1. The molecule has 1 aliphatic heterocycles. The van der Waals surface area contributed by atoms with Crippen molar-refractivity contribution >= 4 is 34.4 Å². The first-order valence-electron chi connectivity index (χ1n) is 15.9. The van der Waals surface area contributed by atoms with Crippen molar-refractivity contribution in [3.63, 3.8) is 0 Å². The number of rotatable bonds is 14. The van der Waals surface area contributed by atoms with Crippen molar-refractivity contribution in [1.82, 2.24) is 25.7 Å². The van der Waals surface area contributed by atoms with Crippen molar-refractivity contribution < 1.29 is 24.5 Å². The van der Waals surface area contributed by atoms with E-state index in [2.05, 4.69) is 46.3 Å². The van der Waals surface area contributed by atoms with E-state index in [-0.39, 0.29) is 18.5 Å². The van der Waals surface area contributed by atoms with E-state index in [1.807, 2.05) is 59.4 Å². The molecule has 1 aliphatic rings. The van der Waals surface area contributed by atoms with Crippen LogP contribution in [0.5, 0.6) is 5.75 Å². The van der Waals surface area contributed by atoms with Gasteiger partial charge in [-0.1, -0.05) is 78.3 Å². The Bertz CT molecular complexity index is 1930. The number of benzene rings is 4. The Balaban J connectivity index is 1.18. The summed E-state index contributed by atoms with van der Waals surface area (Å²) in [4.78, 5) is 22.7. The van der Waals surface area contributed by atoms with Gasteiger partial charge in [0.1, 0.15) is 11.8 Å². The first-order chi connectivity index (χ1) is 23.3. The van der Waals surface area contributed by atoms with Crippen molar-refractivity contribution in [1.29, 1.82) is 0 Å². The number of carbonyl (C=O) groups excluding carboxylic acids is 1. The van der Waals surface area contributed by atoms with Crippen LogP contribution < -0.4 is 20.7 Å². The van der Waals surface area contributed by atoms with E-state index in [4.69, 9.17) is 21.4 Å². The lowest BCUT2D eigenvalue weighted by Crippen LogP contribution is -2.39. The number of carbonyl (C=O) groups is 2. The predicted molar refractivity (Wildman–Crippen MR) is 186 cm³/mol. The van der Waals surface area contributed by atoms with Gasteiger partial charge in [0.15, 0.2) is 0 Å². The quantitative estimate of drug-likeness (QED) is 0.112. The number of carboxylic acids is 1. The second-order valence-electron chi connectivity index (χ2n) is 11.9. The zero-order valence-electron chi connectivity index (χ0n) is 26.6. The summed E-state index contributed by atoms with van der Waals surface area (Å²) >= 11 is 7.10. The summed E-state index contributed by atoms with van der Waals surface area (Å²) in [6.07, 6.45) is 3.35. The number of aromatic nitrogens is 2. The summed E-state index contributed by atoms with van der Waals surface area (Å²) in [6, 6.07) is 25.5. The lowest BCUT2D eigenvalue weighted by Gasteiger charge is -2.15. The molecule has 48 heavy (non-hydrogen) atoms. The number of methoxy groups -OCH3 is 1. The number of aliphatic carboxylic acids is 1. The van der Waals surface area contributed by atoms with Crippen LogP contribution in [0, 0.1) is 0 Å². The average molecular weight is 668 g/mol. The standard InChI is InChI=1S/C37H38ClN5O5/c1-48-34-16-24(10-13-26(34)18-40-32(22-44)37(46)47)21-43-33-7-3-5-29(31(33)20-41-43)30-6-2-4-28(36(30)38)25-11-8-23(9-12-25)17-39-19-27-14-15-35(45)42-27/h2-13,16,20,27,32,39-40,44H,14-15,17-19,21-22H2,1H3,(H,42,45)(H,46,47)/t27-,32-/m0/s1. The smallest absolute Gasteiger partial charge is 0.323 e. The summed E-state index contributed by atoms with van der Waals surface area (Å²) in [5.74, 6) is -0.368. The maximum Gasteiger partial charge on any atom is 0.323 e. The molecule has 0 spiro atoms. The summed E-state index contributed by atoms with van der Waals surface area (Å²) in [5, 5.41) is 34.2. The Morgan fingerprint density at radius 2 is 1.79 bits per heavy atom. The number of nitrogens with zero attached hydrogens (tertiary/aromatic N) is 2. The topological polar surface area (TPSA) is 138 Å². The first-order valence-corrected chi connectivity index (χ1v) is 16.3. The van der Waals surface area contributed by atoms with Crippen LogP contribution in [0.4, 0.5) is 0 Å². The van der Waals surface area contributed by atoms with Gasteiger partial charge in [0.2, 0.25) is 5.91 Å². The zero-order chi connectivity index (χ0) is 33.6. The third kappa shape index (κ3) is 7.37. The second-order valence-corrected chi connectivity index (χ2v) is 12.3. The lowest BCUT2D eigenvalue weighted by atomic mass is 9.96. The molecule has 0 radical (unpaired) electrons. The molecule has 10 nitrogen and oxygen atoms in total. The van der Waals surface area contributed by atoms with Crippen molar-refractivity contribution in [2.45, 2.75) is 44.6 Å². The molecule has 2 atom stereocenters. The number of hydrogen-bond donors (Lipinski definition) is 5. The molecule has 2 heterocycles. The minimum absolute atomic E-state index is 0.128. The van der Waals surface area contributed by atoms with Crippen LogP contribution in [-0.2, 0) is 29.2 Å². The van der Waals surface area contributed by atoms with E-state index >= 15 is 0 Å². The van der Waals surface area contributed by atoms with E-state index in [9.17, 15) is 19.8 Å². The highest BCUT2D eigenvalue weighted by Crippen LogP contribution is 2.39. The maximum absolute atomic E-state index is 11.4. The molecule has 1 amide bonds. The predicted octanol–water partition coefficient (Wildman–Crippen LogP) is 4.98. The van der Waals surface area contributed by atoms with Gasteiger partial charge in [-0.15, -0.1) is 0 Å². The minimum atomic E-state index is -1.11. The molecule has 6 rings (SSSR count). The van der Waals surface area contributed by atoms with Crippen LogP contribution in [0.15, 0.2) is 85.1 Å². The highest BCUT2D eigenvalue weighted by molar-refractivity contribution is 6.36. The fourth-order valence-electron chi connectivity index (χ4n) is 6.12. The monoisotopic (exact) mass is 667 g/mol. The lowest BCUT2D eigenvalue weighted by molar-refractivity contribution is -0.140. The van der Waals surface area contributed by atoms with Crippen molar-refractivity contribution in [2.75, 3.05) is 20.3 Å². The fourth-order valence-corrected chi connectivity index (χ4v) is 6.46. The van der Waals surface area contributed by atoms with E-state index in [0.29, 0.717) is 23.7 Å². The molecular weight excluding hydrogens is 630 g/mol. The largest absolute Gasteiger partial charge is 0.496 e. The van der Waals surface area contributed by atoms with Crippen LogP contribution >= 0.6 is 11.6 Å². The summed E-state index contributed by atoms with van der Waals surface area (Å²) in [5.41, 5.74) is 7.74. The van der Waals surface area contributed by atoms with E-state index in [0.717, 1.165) is 69.4 Å². The number of hydrogen-bond acceptors (Lipinski definition) is 7. The molecule has 1 fully saturated rings. The zero-order valence-corrected chi connectivity index (χ0v) is 27.3. The highest BCUT2D eigenvalue weighted by atomic mass is 35.5. The Morgan fingerprint density at radius 1 is 1.04 bits per heavy atom. The van der Waals surface area contributed by atoms with Crippen molar-refractivity contribution in [2.24, 2.45) is 0 Å². The van der Waals surface area contributed by atoms with Crippen LogP contribution in [0.1, 0.15) is 29.5 Å². The molecule has 0 unspecified atom stereocenters. The van der Waals surface area contributed by atoms with Gasteiger partial charge in [-0.3, -0.25) is 19.6 Å². The number of ether oxygens (including phenoxy) is 1. The van der Waals surface area contributed by atoms with E-state index in [1.54, 1.807) is 7.11 Å². The minimum Gasteiger partial charge on any atom is -0.496 e. The Hall–Kier alpha value is -4.74. The van der Waals surface area contributed by atoms with Crippen LogP contribution in [-0.4, -0.2) is 64.2 Å². The molecule has 4 aromatic carbocycles. The van der Waals surface area contributed by atoms with Crippen LogP contribution in [0.25, 0.3) is 33.2 Å². The number of halogens is 1. The number of aliphatic hydroxyl groups excluding tert-OH is 1. The molecule has 0 aliphatic carbocycles. The Labute approximate surface area is 283 Å². The van der Waals surface area contributed by atoms with Gasteiger partial charge >= 0.3 is 5.97 Å². The fraction of sp³-hybridized carbons (Fsp3) is 0.270. The van der Waals surface area contributed by atoms with Gasteiger partial charge in [0, 0.05) is 54.2 Å². The van der Waals surface area contributed by atoms with Crippen molar-refractivity contribution in [3.05, 3.63) is 107 Å². The molecule has 0 saturated carbocycles. The SMILES string of the molecule is COc1cc(Cn2ncc3c(-c4cccc(-c5ccc(CNC[C@@H]6CCC(=O)N6)cc5)c4Cl)cccc32)ccc1CN[C@@H](CO)C(=O)O. The molecule has 5 N–H and O–H groups in total. The highest BCUT2D eigenvalue weighted by Gasteiger charge is 2.20. The number of fused-ring (bicyclic) bond motifs is 1. The Morgan fingerprint density at radius 3 is 2.52 bits per heavy atom.